The Hall–Kier alpha value is -1.33. The molecule has 0 bridgehead atoms. The number of nitrogens with zero attached hydrogens (tertiary/aromatic N) is 1. The molecule has 1 aromatic heterocycles. The second kappa shape index (κ2) is 4.46. The molecule has 0 spiro atoms. The summed E-state index contributed by atoms with van der Waals surface area (Å²) >= 11 is 1.32. The van der Waals surface area contributed by atoms with Crippen molar-refractivity contribution in [2.24, 2.45) is 0 Å². The first kappa shape index (κ1) is 10.2. The number of H-pyrrole nitrogens is 1. The van der Waals surface area contributed by atoms with E-state index in [1.807, 2.05) is 0 Å². The Kier molecular flexibility index (Phi) is 3.03. The highest BCUT2D eigenvalue weighted by atomic mass is 32.2. The summed E-state index contributed by atoms with van der Waals surface area (Å²) in [5.41, 5.74) is 0.559. The Morgan fingerprint density at radius 3 is 2.93 bits per heavy atom. The highest BCUT2D eigenvalue weighted by Crippen LogP contribution is 2.26. The first-order valence-corrected chi connectivity index (χ1v) is 5.17. The summed E-state index contributed by atoms with van der Waals surface area (Å²) in [6.45, 7) is -0.163. The summed E-state index contributed by atoms with van der Waals surface area (Å²) in [5, 5.41) is 9.61. The Bertz CT molecular complexity index is 445. The maximum absolute atomic E-state index is 13.1. The smallest absolute Gasteiger partial charge is 0.170 e. The molecule has 0 atom stereocenters. The summed E-state index contributed by atoms with van der Waals surface area (Å²) in [7, 11) is 0. The van der Waals surface area contributed by atoms with Crippen molar-refractivity contribution in [3.8, 4) is 0 Å². The van der Waals surface area contributed by atoms with E-state index >= 15 is 0 Å². The van der Waals surface area contributed by atoms with E-state index in [0.29, 0.717) is 15.6 Å². The van der Waals surface area contributed by atoms with Crippen LogP contribution in [0.1, 0.15) is 5.56 Å². The SMILES string of the molecule is OCc1cc(F)cc(Sc2ncc[nH]2)c1. The van der Waals surface area contributed by atoms with Crippen molar-refractivity contribution in [1.82, 2.24) is 9.97 Å². The minimum absolute atomic E-state index is 0.163. The molecule has 0 aliphatic carbocycles. The normalized spacial score (nSPS) is 10.5. The average molecular weight is 224 g/mol. The maximum atomic E-state index is 13.1. The van der Waals surface area contributed by atoms with Crippen LogP contribution in [0.4, 0.5) is 4.39 Å². The molecule has 0 aliphatic heterocycles. The molecule has 0 unspecified atom stereocenters. The lowest BCUT2D eigenvalue weighted by Gasteiger charge is -2.01. The molecule has 0 aliphatic rings. The average Bonchev–Trinajstić information content (AvgIpc) is 2.69. The number of nitrogens with one attached hydrogen (secondary N) is 1. The van der Waals surface area contributed by atoms with Gasteiger partial charge in [0.2, 0.25) is 0 Å². The predicted octanol–water partition coefficient (Wildman–Crippen LogP) is 2.19. The number of aliphatic hydroxyl groups excluding tert-OH is 1. The Morgan fingerprint density at radius 2 is 2.27 bits per heavy atom. The van der Waals surface area contributed by atoms with E-state index < -0.39 is 0 Å². The van der Waals surface area contributed by atoms with Gasteiger partial charge in [-0.3, -0.25) is 0 Å². The van der Waals surface area contributed by atoms with Crippen LogP contribution in [0.25, 0.3) is 0 Å². The number of hydrogen-bond acceptors (Lipinski definition) is 3. The molecule has 2 rings (SSSR count). The van der Waals surface area contributed by atoms with Gasteiger partial charge >= 0.3 is 0 Å². The quantitative estimate of drug-likeness (QED) is 0.840. The van der Waals surface area contributed by atoms with Crippen LogP contribution in [0.5, 0.6) is 0 Å². The van der Waals surface area contributed by atoms with Crippen LogP contribution in [-0.4, -0.2) is 15.1 Å². The first-order chi connectivity index (χ1) is 7.28. The van der Waals surface area contributed by atoms with Crippen molar-refractivity contribution in [3.63, 3.8) is 0 Å². The molecule has 0 saturated heterocycles. The Labute approximate surface area is 90.4 Å². The van der Waals surface area contributed by atoms with Gasteiger partial charge in [0.1, 0.15) is 5.82 Å². The molecule has 1 heterocycles. The fourth-order valence-corrected chi connectivity index (χ4v) is 2.03. The van der Waals surface area contributed by atoms with Crippen LogP contribution in [0.3, 0.4) is 0 Å². The Morgan fingerprint density at radius 1 is 1.40 bits per heavy atom. The molecule has 2 N–H and O–H groups in total. The van der Waals surface area contributed by atoms with Crippen LogP contribution < -0.4 is 0 Å². The molecular formula is C10H9FN2OS. The zero-order chi connectivity index (χ0) is 10.7. The lowest BCUT2D eigenvalue weighted by atomic mass is 10.2. The highest BCUT2D eigenvalue weighted by molar-refractivity contribution is 7.99. The molecule has 1 aromatic carbocycles. The van der Waals surface area contributed by atoms with E-state index in [1.54, 1.807) is 18.5 Å². The molecule has 3 nitrogen and oxygen atoms in total. The number of aromatic nitrogens is 2. The van der Waals surface area contributed by atoms with Gasteiger partial charge in [-0.25, -0.2) is 9.37 Å². The van der Waals surface area contributed by atoms with Gasteiger partial charge < -0.3 is 10.1 Å². The van der Waals surface area contributed by atoms with E-state index in [1.165, 1.54) is 23.9 Å². The molecule has 5 heteroatoms. The molecule has 2 aromatic rings. The van der Waals surface area contributed by atoms with Crippen molar-refractivity contribution in [2.75, 3.05) is 0 Å². The maximum Gasteiger partial charge on any atom is 0.170 e. The molecule has 0 radical (unpaired) electrons. The third-order valence-electron chi connectivity index (χ3n) is 1.80. The van der Waals surface area contributed by atoms with Crippen molar-refractivity contribution in [3.05, 3.63) is 42.0 Å². The van der Waals surface area contributed by atoms with Gasteiger partial charge in [0.25, 0.3) is 0 Å². The van der Waals surface area contributed by atoms with Crippen molar-refractivity contribution >= 4 is 11.8 Å². The van der Waals surface area contributed by atoms with Gasteiger partial charge in [0.15, 0.2) is 5.16 Å². The fraction of sp³-hybridized carbons (Fsp3) is 0.100. The van der Waals surface area contributed by atoms with Crippen LogP contribution >= 0.6 is 11.8 Å². The third kappa shape index (κ3) is 2.57. The zero-order valence-electron chi connectivity index (χ0n) is 7.77. The summed E-state index contributed by atoms with van der Waals surface area (Å²) in [6.07, 6.45) is 3.34. The first-order valence-electron chi connectivity index (χ1n) is 4.35. The zero-order valence-corrected chi connectivity index (χ0v) is 8.59. The van der Waals surface area contributed by atoms with Crippen LogP contribution in [0.15, 0.2) is 40.6 Å². The van der Waals surface area contributed by atoms with Crippen LogP contribution in [0.2, 0.25) is 0 Å². The van der Waals surface area contributed by atoms with Crippen LogP contribution in [0, 0.1) is 5.82 Å². The lowest BCUT2D eigenvalue weighted by molar-refractivity contribution is 0.281. The summed E-state index contributed by atoms with van der Waals surface area (Å²) in [6, 6.07) is 4.45. The second-order valence-electron chi connectivity index (χ2n) is 2.95. The van der Waals surface area contributed by atoms with Crippen molar-refractivity contribution in [1.29, 1.82) is 0 Å². The number of hydrogen-bond donors (Lipinski definition) is 2. The largest absolute Gasteiger partial charge is 0.392 e. The third-order valence-corrected chi connectivity index (χ3v) is 2.69. The number of rotatable bonds is 3. The van der Waals surface area contributed by atoms with Gasteiger partial charge in [-0.05, 0) is 23.8 Å². The van der Waals surface area contributed by atoms with Crippen molar-refractivity contribution < 1.29 is 9.50 Å². The summed E-state index contributed by atoms with van der Waals surface area (Å²) in [4.78, 5) is 7.65. The number of benzene rings is 1. The lowest BCUT2D eigenvalue weighted by Crippen LogP contribution is -1.87. The minimum Gasteiger partial charge on any atom is -0.392 e. The summed E-state index contributed by atoms with van der Waals surface area (Å²) < 4.78 is 13.1. The van der Waals surface area contributed by atoms with Gasteiger partial charge in [-0.2, -0.15) is 0 Å². The fourth-order valence-electron chi connectivity index (χ4n) is 1.19. The standard InChI is InChI=1S/C10H9FN2OS/c11-8-3-7(6-14)4-9(5-8)15-10-12-1-2-13-10/h1-5,14H,6H2,(H,12,13). The molecular weight excluding hydrogens is 215 g/mol. The number of aliphatic hydroxyl groups is 1. The van der Waals surface area contributed by atoms with E-state index in [4.69, 9.17) is 5.11 Å². The van der Waals surface area contributed by atoms with E-state index in [9.17, 15) is 4.39 Å². The van der Waals surface area contributed by atoms with E-state index in [2.05, 4.69) is 9.97 Å². The monoisotopic (exact) mass is 224 g/mol. The Balaban J connectivity index is 2.24. The predicted molar refractivity (Wildman–Crippen MR) is 55.0 cm³/mol. The van der Waals surface area contributed by atoms with E-state index in [0.717, 1.165) is 0 Å². The topological polar surface area (TPSA) is 48.9 Å². The van der Waals surface area contributed by atoms with Gasteiger partial charge in [-0.15, -0.1) is 0 Å². The van der Waals surface area contributed by atoms with Crippen LogP contribution in [-0.2, 0) is 6.61 Å². The highest BCUT2D eigenvalue weighted by Gasteiger charge is 2.03. The number of imidazole rings is 1. The molecule has 0 saturated carbocycles. The number of halogens is 1. The van der Waals surface area contributed by atoms with E-state index in [-0.39, 0.29) is 12.4 Å². The number of aromatic amines is 1. The second-order valence-corrected chi connectivity index (χ2v) is 4.01. The molecule has 78 valence electrons. The van der Waals surface area contributed by atoms with Gasteiger partial charge in [0, 0.05) is 17.3 Å². The molecule has 0 fully saturated rings. The molecule has 15 heavy (non-hydrogen) atoms. The summed E-state index contributed by atoms with van der Waals surface area (Å²) in [5.74, 6) is -0.351. The van der Waals surface area contributed by atoms with Gasteiger partial charge in [0.05, 0.1) is 6.61 Å². The molecule has 0 amide bonds. The van der Waals surface area contributed by atoms with Gasteiger partial charge in [-0.1, -0.05) is 11.8 Å². The van der Waals surface area contributed by atoms with Crippen molar-refractivity contribution in [2.45, 2.75) is 16.7 Å². The minimum atomic E-state index is -0.351.